The number of rotatable bonds is 8. The normalized spacial score (nSPS) is 18.5. The second-order valence-electron chi connectivity index (χ2n) is 9.68. The highest BCUT2D eigenvalue weighted by atomic mass is 32.1. The van der Waals surface area contributed by atoms with E-state index in [4.69, 9.17) is 0 Å². The topological polar surface area (TPSA) is 64.7 Å². The van der Waals surface area contributed by atoms with Crippen molar-refractivity contribution in [2.24, 2.45) is 0 Å². The van der Waals surface area contributed by atoms with E-state index in [0.717, 1.165) is 54.7 Å². The number of fused-ring (bicyclic) bond motifs is 3. The van der Waals surface area contributed by atoms with E-state index in [0.29, 0.717) is 12.6 Å². The second-order valence-corrected chi connectivity index (χ2v) is 10.8. The van der Waals surface area contributed by atoms with Crippen LogP contribution in [0.2, 0.25) is 0 Å². The zero-order valence-corrected chi connectivity index (χ0v) is 20.7. The molecule has 176 valence electrons. The SMILES string of the molecule is Cc1cc(C)n(CCCn2cnc3sc4c(c3c2=O)CCC(NCCC2=CCCCC2)C4)n1. The molecule has 1 atom stereocenters. The lowest BCUT2D eigenvalue weighted by Gasteiger charge is -2.24. The third-order valence-electron chi connectivity index (χ3n) is 7.17. The Morgan fingerprint density at radius 1 is 1.21 bits per heavy atom. The molecule has 0 spiro atoms. The quantitative estimate of drug-likeness (QED) is 0.490. The van der Waals surface area contributed by atoms with Crippen LogP contribution in [-0.4, -0.2) is 31.9 Å². The molecule has 0 amide bonds. The van der Waals surface area contributed by atoms with Gasteiger partial charge in [0.25, 0.3) is 5.56 Å². The molecule has 0 fully saturated rings. The van der Waals surface area contributed by atoms with Gasteiger partial charge in [-0.2, -0.15) is 5.10 Å². The number of allylic oxidation sites excluding steroid dienone is 1. The highest BCUT2D eigenvalue weighted by Crippen LogP contribution is 2.33. The molecule has 1 unspecified atom stereocenters. The van der Waals surface area contributed by atoms with Gasteiger partial charge in [-0.15, -0.1) is 11.3 Å². The predicted molar refractivity (Wildman–Crippen MR) is 135 cm³/mol. The van der Waals surface area contributed by atoms with Crippen molar-refractivity contribution in [3.63, 3.8) is 0 Å². The van der Waals surface area contributed by atoms with E-state index < -0.39 is 0 Å². The van der Waals surface area contributed by atoms with Crippen LogP contribution in [0.3, 0.4) is 0 Å². The zero-order valence-electron chi connectivity index (χ0n) is 19.9. The van der Waals surface area contributed by atoms with Crippen LogP contribution < -0.4 is 10.9 Å². The van der Waals surface area contributed by atoms with Gasteiger partial charge in [0, 0.05) is 29.7 Å². The Morgan fingerprint density at radius 2 is 2.12 bits per heavy atom. The van der Waals surface area contributed by atoms with Crippen molar-refractivity contribution in [2.45, 2.75) is 90.8 Å². The van der Waals surface area contributed by atoms with E-state index in [1.165, 1.54) is 48.2 Å². The summed E-state index contributed by atoms with van der Waals surface area (Å²) in [6.45, 7) is 6.64. The Balaban J connectivity index is 1.22. The standard InChI is InChI=1S/C26H35N5OS/c1-18-15-19(2)31(29-18)14-6-13-30-17-28-25-24(26(30)32)22-10-9-21(16-23(22)33-25)27-12-11-20-7-4-3-5-8-20/h7,15,17,21,27H,3-6,8-14,16H2,1-2H3. The molecular weight excluding hydrogens is 430 g/mol. The first-order valence-electron chi connectivity index (χ1n) is 12.5. The lowest BCUT2D eigenvalue weighted by atomic mass is 9.92. The summed E-state index contributed by atoms with van der Waals surface area (Å²) in [5.74, 6) is 0. The van der Waals surface area contributed by atoms with Gasteiger partial charge >= 0.3 is 0 Å². The van der Waals surface area contributed by atoms with Gasteiger partial charge in [-0.05, 0) is 89.8 Å². The Bertz CT molecular complexity index is 1220. The van der Waals surface area contributed by atoms with Crippen molar-refractivity contribution < 1.29 is 0 Å². The maximum atomic E-state index is 13.3. The van der Waals surface area contributed by atoms with E-state index in [-0.39, 0.29) is 5.56 Å². The minimum absolute atomic E-state index is 0.126. The maximum absolute atomic E-state index is 13.3. The van der Waals surface area contributed by atoms with Crippen LogP contribution >= 0.6 is 11.3 Å². The summed E-state index contributed by atoms with van der Waals surface area (Å²) in [6, 6.07) is 2.60. The molecule has 3 aromatic heterocycles. The number of hydrogen-bond acceptors (Lipinski definition) is 5. The Hall–Kier alpha value is -2.25. The number of nitrogens with zero attached hydrogens (tertiary/aromatic N) is 4. The van der Waals surface area contributed by atoms with E-state index in [1.807, 2.05) is 11.6 Å². The van der Waals surface area contributed by atoms with E-state index >= 15 is 0 Å². The van der Waals surface area contributed by atoms with E-state index in [9.17, 15) is 4.79 Å². The van der Waals surface area contributed by atoms with Crippen molar-refractivity contribution in [1.29, 1.82) is 0 Å². The van der Waals surface area contributed by atoms with Crippen molar-refractivity contribution in [2.75, 3.05) is 6.54 Å². The summed E-state index contributed by atoms with van der Waals surface area (Å²) in [6.07, 6.45) is 14.6. The van der Waals surface area contributed by atoms with Crippen molar-refractivity contribution in [3.05, 3.63) is 56.2 Å². The fourth-order valence-electron chi connectivity index (χ4n) is 5.40. The fraction of sp³-hybridized carbons (Fsp3) is 0.577. The fourth-order valence-corrected chi connectivity index (χ4v) is 6.65. The molecule has 7 heteroatoms. The molecule has 3 aromatic rings. The molecule has 33 heavy (non-hydrogen) atoms. The summed E-state index contributed by atoms with van der Waals surface area (Å²) < 4.78 is 3.82. The van der Waals surface area contributed by atoms with Gasteiger partial charge in [0.15, 0.2) is 0 Å². The summed E-state index contributed by atoms with van der Waals surface area (Å²) in [5.41, 5.74) is 5.22. The molecule has 1 N–H and O–H groups in total. The first kappa shape index (κ1) is 22.5. The maximum Gasteiger partial charge on any atom is 0.262 e. The average molecular weight is 466 g/mol. The molecule has 6 nitrogen and oxygen atoms in total. The van der Waals surface area contributed by atoms with E-state index in [2.05, 4.69) is 34.5 Å². The predicted octanol–water partition coefficient (Wildman–Crippen LogP) is 4.70. The molecular formula is C26H35N5OS. The van der Waals surface area contributed by atoms with Crippen LogP contribution in [0.5, 0.6) is 0 Å². The van der Waals surface area contributed by atoms with Crippen LogP contribution in [0, 0.1) is 13.8 Å². The van der Waals surface area contributed by atoms with Gasteiger partial charge in [0.05, 0.1) is 17.4 Å². The lowest BCUT2D eigenvalue weighted by molar-refractivity contribution is 0.463. The summed E-state index contributed by atoms with van der Waals surface area (Å²) in [4.78, 5) is 20.2. The van der Waals surface area contributed by atoms with Crippen molar-refractivity contribution >= 4 is 21.6 Å². The second kappa shape index (κ2) is 9.94. The first-order chi connectivity index (χ1) is 16.1. The van der Waals surface area contributed by atoms with Crippen molar-refractivity contribution in [3.8, 4) is 0 Å². The van der Waals surface area contributed by atoms with Gasteiger partial charge in [0.1, 0.15) is 4.83 Å². The molecule has 0 bridgehead atoms. The van der Waals surface area contributed by atoms with Gasteiger partial charge in [0.2, 0.25) is 0 Å². The van der Waals surface area contributed by atoms with Crippen LogP contribution in [0.4, 0.5) is 0 Å². The Morgan fingerprint density at radius 3 is 2.91 bits per heavy atom. The highest BCUT2D eigenvalue weighted by Gasteiger charge is 2.25. The molecule has 2 aliphatic carbocycles. The molecule has 0 saturated heterocycles. The number of thiophene rings is 1. The van der Waals surface area contributed by atoms with E-state index in [1.54, 1.807) is 27.8 Å². The van der Waals surface area contributed by atoms with Crippen LogP contribution in [0.25, 0.3) is 10.2 Å². The summed E-state index contributed by atoms with van der Waals surface area (Å²) in [5, 5.41) is 9.18. The molecule has 5 rings (SSSR count). The van der Waals surface area contributed by atoms with Crippen LogP contribution in [0.1, 0.15) is 66.8 Å². The number of aryl methyl sites for hydroxylation is 5. The summed E-state index contributed by atoms with van der Waals surface area (Å²) >= 11 is 1.72. The number of aromatic nitrogens is 4. The third kappa shape index (κ3) is 4.99. The minimum atomic E-state index is 0.126. The monoisotopic (exact) mass is 465 g/mol. The third-order valence-corrected chi connectivity index (χ3v) is 8.33. The van der Waals surface area contributed by atoms with Crippen LogP contribution in [-0.2, 0) is 25.9 Å². The van der Waals surface area contributed by atoms with Gasteiger partial charge in [-0.1, -0.05) is 11.6 Å². The Labute approximate surface area is 199 Å². The zero-order chi connectivity index (χ0) is 22.8. The Kier molecular flexibility index (Phi) is 6.79. The minimum Gasteiger partial charge on any atom is -0.313 e. The molecule has 0 radical (unpaired) electrons. The number of nitrogens with one attached hydrogen (secondary N) is 1. The molecule has 0 saturated carbocycles. The van der Waals surface area contributed by atoms with Gasteiger partial charge < -0.3 is 5.32 Å². The van der Waals surface area contributed by atoms with Gasteiger partial charge in [-0.25, -0.2) is 4.98 Å². The molecule has 0 aliphatic heterocycles. The van der Waals surface area contributed by atoms with Crippen LogP contribution in [0.15, 0.2) is 28.8 Å². The first-order valence-corrected chi connectivity index (χ1v) is 13.3. The lowest BCUT2D eigenvalue weighted by Crippen LogP contribution is -2.35. The molecule has 0 aromatic carbocycles. The smallest absolute Gasteiger partial charge is 0.262 e. The summed E-state index contributed by atoms with van der Waals surface area (Å²) in [7, 11) is 0. The largest absolute Gasteiger partial charge is 0.313 e. The van der Waals surface area contributed by atoms with Gasteiger partial charge in [-0.3, -0.25) is 14.0 Å². The molecule has 2 aliphatic rings. The number of hydrogen-bond donors (Lipinski definition) is 1. The van der Waals surface area contributed by atoms with Crippen molar-refractivity contribution in [1.82, 2.24) is 24.6 Å². The highest BCUT2D eigenvalue weighted by molar-refractivity contribution is 7.18. The average Bonchev–Trinajstić information content (AvgIpc) is 3.34. The molecule has 3 heterocycles.